The first-order valence-corrected chi connectivity index (χ1v) is 20.9. The Kier molecular flexibility index (Phi) is 9.82. The van der Waals surface area contributed by atoms with Crippen molar-refractivity contribution in [1.29, 1.82) is 5.26 Å². The zero-order valence-electron chi connectivity index (χ0n) is 34.1. The second-order valence-corrected chi connectivity index (χ2v) is 17.0. The number of anilines is 1. The number of ether oxygens (including phenoxy) is 1. The van der Waals surface area contributed by atoms with E-state index in [4.69, 9.17) is 4.74 Å². The van der Waals surface area contributed by atoms with E-state index >= 15 is 0 Å². The molecule has 5 amide bonds. The molecule has 1 aromatic heterocycles. The van der Waals surface area contributed by atoms with Crippen LogP contribution in [0.1, 0.15) is 112 Å². The van der Waals surface area contributed by atoms with Crippen molar-refractivity contribution in [2.24, 2.45) is 0 Å². The molecule has 0 radical (unpaired) electrons. The van der Waals surface area contributed by atoms with Crippen LogP contribution in [0.5, 0.6) is 5.75 Å². The van der Waals surface area contributed by atoms with E-state index in [0.29, 0.717) is 36.0 Å². The van der Waals surface area contributed by atoms with Gasteiger partial charge in [0, 0.05) is 85.0 Å². The summed E-state index contributed by atoms with van der Waals surface area (Å²) in [5.74, 6) is -1.91. The van der Waals surface area contributed by atoms with Gasteiger partial charge in [-0.05, 0) is 79.3 Å². The lowest BCUT2D eigenvalue weighted by molar-refractivity contribution is -0.136. The number of aromatic nitrogens is 1. The number of aryl methyl sites for hydroxylation is 1. The Hall–Kier alpha value is -6.33. The van der Waals surface area contributed by atoms with Crippen LogP contribution in [0.15, 0.2) is 48.5 Å². The van der Waals surface area contributed by atoms with Gasteiger partial charge < -0.3 is 19.5 Å². The first-order chi connectivity index (χ1) is 28.9. The van der Waals surface area contributed by atoms with Crippen molar-refractivity contribution >= 4 is 51.9 Å². The monoisotopic (exact) mass is 809 g/mol. The zero-order valence-corrected chi connectivity index (χ0v) is 34.1. The number of rotatable bonds is 8. The molecule has 3 saturated heterocycles. The third-order valence-corrected chi connectivity index (χ3v) is 13.3. The number of nitrogens with one attached hydrogen (secondary N) is 2. The van der Waals surface area contributed by atoms with Gasteiger partial charge in [0.25, 0.3) is 11.8 Å². The molecule has 2 N–H and O–H groups in total. The van der Waals surface area contributed by atoms with E-state index in [0.717, 1.165) is 78.1 Å². The lowest BCUT2D eigenvalue weighted by Gasteiger charge is -2.44. The number of carbonyl (C=O) groups is 6. The number of imide groups is 2. The largest absolute Gasteiger partial charge is 0.493 e. The molecule has 0 spiro atoms. The van der Waals surface area contributed by atoms with E-state index in [9.17, 15) is 34.0 Å². The number of aromatic amines is 1. The van der Waals surface area contributed by atoms with Crippen molar-refractivity contribution in [3.8, 4) is 11.8 Å². The van der Waals surface area contributed by atoms with Gasteiger partial charge in [-0.2, -0.15) is 5.26 Å². The minimum atomic E-state index is -1.04. The Morgan fingerprint density at radius 2 is 1.63 bits per heavy atom. The number of carbonyl (C=O) groups excluding carboxylic acids is 6. The SMILES string of the molecule is CCc1cc2c(cc1N1CCC(N3CCN(C(=O)CCOc4ccc5c(c4)C(=O)N(C4CCC(=O)NC4=O)C5=O)CC3)CC1)C(C)(C)c1[nH]c3cc(C#N)ccc3c1C2=O. The minimum Gasteiger partial charge on any atom is -0.493 e. The first kappa shape index (κ1) is 39.1. The zero-order chi connectivity index (χ0) is 42.0. The molecule has 9 rings (SSSR count). The number of piperazine rings is 1. The van der Waals surface area contributed by atoms with E-state index < -0.39 is 35.1 Å². The molecule has 1 atom stereocenters. The molecule has 5 heterocycles. The number of piperidine rings is 2. The lowest BCUT2D eigenvalue weighted by Crippen LogP contribution is -2.54. The fraction of sp³-hybridized carbons (Fsp3) is 0.413. The second kappa shape index (κ2) is 15.0. The highest BCUT2D eigenvalue weighted by Crippen LogP contribution is 2.46. The van der Waals surface area contributed by atoms with Crippen LogP contribution in [0.3, 0.4) is 0 Å². The quantitative estimate of drug-likeness (QED) is 0.242. The van der Waals surface area contributed by atoms with Gasteiger partial charge in [-0.25, -0.2) is 0 Å². The molecule has 3 aromatic carbocycles. The van der Waals surface area contributed by atoms with Gasteiger partial charge >= 0.3 is 0 Å². The number of fused-ring (bicyclic) bond motifs is 5. The minimum absolute atomic E-state index is 0.00619. The summed E-state index contributed by atoms with van der Waals surface area (Å²) >= 11 is 0. The maximum absolute atomic E-state index is 14.1. The molecule has 14 nitrogen and oxygen atoms in total. The van der Waals surface area contributed by atoms with Crippen molar-refractivity contribution in [2.45, 2.75) is 76.8 Å². The predicted molar refractivity (Wildman–Crippen MR) is 221 cm³/mol. The van der Waals surface area contributed by atoms with Gasteiger partial charge in [0.2, 0.25) is 17.7 Å². The topological polar surface area (TPSA) is 176 Å². The number of hydrogen-bond donors (Lipinski definition) is 2. The van der Waals surface area contributed by atoms with Gasteiger partial charge in [0.05, 0.1) is 41.4 Å². The molecular weight excluding hydrogens is 763 g/mol. The number of ketones is 1. The third-order valence-electron chi connectivity index (χ3n) is 13.3. The average molecular weight is 810 g/mol. The van der Waals surface area contributed by atoms with E-state index in [1.165, 1.54) is 23.4 Å². The fourth-order valence-electron chi connectivity index (χ4n) is 9.92. The molecule has 4 aliphatic heterocycles. The first-order valence-electron chi connectivity index (χ1n) is 20.9. The smallest absolute Gasteiger partial charge is 0.262 e. The van der Waals surface area contributed by atoms with Crippen LogP contribution in [0.4, 0.5) is 5.69 Å². The molecular formula is C46H47N7O7. The van der Waals surface area contributed by atoms with Gasteiger partial charge in [0.1, 0.15) is 11.8 Å². The number of nitrogens with zero attached hydrogens (tertiary/aromatic N) is 5. The summed E-state index contributed by atoms with van der Waals surface area (Å²) in [6.07, 6.45) is 3.09. The Bertz CT molecular complexity index is 2550. The summed E-state index contributed by atoms with van der Waals surface area (Å²) in [6.45, 7) is 11.2. The molecule has 0 saturated carbocycles. The number of nitriles is 1. The third kappa shape index (κ3) is 6.52. The normalized spacial score (nSPS) is 20.5. The molecule has 308 valence electrons. The number of hydrogen-bond acceptors (Lipinski definition) is 10. The Balaban J connectivity index is 0.779. The van der Waals surface area contributed by atoms with Crippen LogP contribution < -0.4 is 15.0 Å². The van der Waals surface area contributed by atoms with Crippen molar-refractivity contribution in [1.82, 2.24) is 25.0 Å². The highest BCUT2D eigenvalue weighted by Gasteiger charge is 2.45. The summed E-state index contributed by atoms with van der Waals surface area (Å²) in [5.41, 5.74) is 6.94. The van der Waals surface area contributed by atoms with Crippen molar-refractivity contribution in [3.05, 3.63) is 93.2 Å². The molecule has 3 fully saturated rings. The fourth-order valence-corrected chi connectivity index (χ4v) is 9.92. The van der Waals surface area contributed by atoms with E-state index in [2.05, 4.69) is 59.1 Å². The summed E-state index contributed by atoms with van der Waals surface area (Å²) < 4.78 is 5.86. The van der Waals surface area contributed by atoms with Crippen LogP contribution in [0, 0.1) is 11.3 Å². The van der Waals surface area contributed by atoms with Gasteiger partial charge in [-0.3, -0.25) is 43.9 Å². The van der Waals surface area contributed by atoms with Crippen LogP contribution in [-0.4, -0.2) is 113 Å². The predicted octanol–water partition coefficient (Wildman–Crippen LogP) is 4.46. The van der Waals surface area contributed by atoms with Crippen LogP contribution in [0.2, 0.25) is 0 Å². The van der Waals surface area contributed by atoms with Gasteiger partial charge in [0.15, 0.2) is 5.78 Å². The Morgan fingerprint density at radius 1 is 0.883 bits per heavy atom. The van der Waals surface area contributed by atoms with Crippen LogP contribution in [0.25, 0.3) is 10.9 Å². The van der Waals surface area contributed by atoms with Crippen LogP contribution >= 0.6 is 0 Å². The van der Waals surface area contributed by atoms with E-state index in [-0.39, 0.29) is 48.7 Å². The van der Waals surface area contributed by atoms with Gasteiger partial charge in [-0.1, -0.05) is 26.8 Å². The number of amides is 5. The molecule has 14 heteroatoms. The Labute approximate surface area is 347 Å². The average Bonchev–Trinajstić information content (AvgIpc) is 3.77. The molecule has 0 bridgehead atoms. The van der Waals surface area contributed by atoms with E-state index in [1.54, 1.807) is 12.1 Å². The summed E-state index contributed by atoms with van der Waals surface area (Å²) in [5, 5.41) is 12.5. The van der Waals surface area contributed by atoms with Crippen molar-refractivity contribution in [3.63, 3.8) is 0 Å². The highest BCUT2D eigenvalue weighted by molar-refractivity contribution is 6.23. The van der Waals surface area contributed by atoms with Crippen LogP contribution in [-0.2, 0) is 26.2 Å². The molecule has 1 unspecified atom stereocenters. The lowest BCUT2D eigenvalue weighted by atomic mass is 9.70. The molecule has 1 aliphatic carbocycles. The van der Waals surface area contributed by atoms with Crippen molar-refractivity contribution in [2.75, 3.05) is 50.8 Å². The number of benzene rings is 3. The molecule has 5 aliphatic rings. The maximum atomic E-state index is 14.1. The summed E-state index contributed by atoms with van der Waals surface area (Å²) in [4.78, 5) is 88.8. The van der Waals surface area contributed by atoms with E-state index in [1.807, 2.05) is 17.0 Å². The standard InChI is InChI=1S/C46H47N7O7/c1-4-27-22-33-34(46(2,3)42-40(41(33)56)31-7-5-26(25-47)21-35(31)48-42)24-37(27)51-14-11-28(12-15-51)50-16-18-52(19-17-50)39(55)13-20-60-29-6-8-30-32(23-29)45(59)53(44(30)58)36-9-10-38(54)49-43(36)57/h5-8,21-24,28,36,48H,4,9-20H2,1-3H3,(H,49,54,57). The second-order valence-electron chi connectivity index (χ2n) is 17.0. The summed E-state index contributed by atoms with van der Waals surface area (Å²) in [7, 11) is 0. The molecule has 4 aromatic rings. The van der Waals surface area contributed by atoms with Gasteiger partial charge in [-0.15, -0.1) is 0 Å². The number of H-pyrrole nitrogens is 1. The maximum Gasteiger partial charge on any atom is 0.262 e. The highest BCUT2D eigenvalue weighted by atomic mass is 16.5. The Morgan fingerprint density at radius 3 is 2.35 bits per heavy atom. The summed E-state index contributed by atoms with van der Waals surface area (Å²) in [6, 6.07) is 16.0. The van der Waals surface area contributed by atoms with Crippen molar-refractivity contribution < 1.29 is 33.5 Å². The molecule has 60 heavy (non-hydrogen) atoms.